The average Bonchev–Trinajstić information content (AvgIpc) is 2.58. The third-order valence-electron chi connectivity index (χ3n) is 3.46. The van der Waals surface area contributed by atoms with E-state index in [0.717, 1.165) is 6.92 Å². The summed E-state index contributed by atoms with van der Waals surface area (Å²) in [7, 11) is 0. The summed E-state index contributed by atoms with van der Waals surface area (Å²) in [6.07, 6.45) is -13.9. The molecule has 0 saturated carbocycles. The summed E-state index contributed by atoms with van der Waals surface area (Å²) < 4.78 is 184. The van der Waals surface area contributed by atoms with Crippen molar-refractivity contribution in [2.24, 2.45) is 0 Å². The molecule has 0 spiro atoms. The van der Waals surface area contributed by atoms with E-state index in [4.69, 9.17) is 0 Å². The number of ether oxygens (including phenoxy) is 2. The summed E-state index contributed by atoms with van der Waals surface area (Å²) in [4.78, 5) is 22.3. The average molecular weight is 516 g/mol. The van der Waals surface area contributed by atoms with E-state index < -0.39 is 65.0 Å². The Morgan fingerprint density at radius 2 is 0.848 bits per heavy atom. The fourth-order valence-corrected chi connectivity index (χ4v) is 1.79. The lowest BCUT2D eigenvalue weighted by Crippen LogP contribution is -2.57. The molecule has 0 unspecified atom stereocenters. The van der Waals surface area contributed by atoms with Crippen molar-refractivity contribution in [3.63, 3.8) is 0 Å². The molecule has 18 heteroatoms. The van der Waals surface area contributed by atoms with Crippen LogP contribution in [-0.2, 0) is 9.59 Å². The molecule has 1 aromatic rings. The molecule has 0 bridgehead atoms. The number of esters is 2. The van der Waals surface area contributed by atoms with Crippen molar-refractivity contribution in [1.29, 1.82) is 0 Å². The van der Waals surface area contributed by atoms with Gasteiger partial charge in [-0.3, -0.25) is 0 Å². The monoisotopic (exact) mass is 516 g/mol. The van der Waals surface area contributed by atoms with Crippen molar-refractivity contribution in [3.8, 4) is 11.5 Å². The molecular weight excluding hydrogens is 510 g/mol. The Morgan fingerprint density at radius 1 is 0.576 bits per heavy atom. The molecule has 188 valence electrons. The summed E-state index contributed by atoms with van der Waals surface area (Å²) in [6.45, 7) is 0.861. The molecule has 0 aliphatic heterocycles. The van der Waals surface area contributed by atoms with Gasteiger partial charge < -0.3 is 9.47 Å². The molecule has 0 amide bonds. The number of rotatable bonds is 6. The smallest absolute Gasteiger partial charge is 0.422 e. The molecule has 0 N–H and O–H groups in total. The van der Waals surface area contributed by atoms with E-state index in [1.54, 1.807) is 0 Å². The molecule has 0 aliphatic rings. The van der Waals surface area contributed by atoms with E-state index in [2.05, 4.69) is 9.47 Å². The van der Waals surface area contributed by atoms with Crippen molar-refractivity contribution in [2.75, 3.05) is 0 Å². The number of benzene rings is 1. The van der Waals surface area contributed by atoms with Crippen molar-refractivity contribution in [1.82, 2.24) is 0 Å². The Morgan fingerprint density at radius 3 is 1.09 bits per heavy atom. The lowest BCUT2D eigenvalue weighted by molar-refractivity contribution is -0.346. The third kappa shape index (κ3) is 5.07. The molecule has 0 atom stereocenters. The highest BCUT2D eigenvalue weighted by atomic mass is 19.4. The van der Waals surface area contributed by atoms with Crippen molar-refractivity contribution in [2.45, 2.75) is 43.0 Å². The predicted molar refractivity (Wildman–Crippen MR) is 74.3 cm³/mol. The highest BCUT2D eigenvalue weighted by Gasteiger charge is 2.78. The quantitative estimate of drug-likeness (QED) is 0.286. The second-order valence-corrected chi connectivity index (χ2v) is 6.05. The highest BCUT2D eigenvalue weighted by molar-refractivity contribution is 5.83. The van der Waals surface area contributed by atoms with Crippen molar-refractivity contribution in [3.05, 3.63) is 23.8 Å². The fraction of sp³-hybridized carbons (Fsp3) is 0.467. The van der Waals surface area contributed by atoms with Crippen LogP contribution < -0.4 is 9.47 Å². The first-order valence-electron chi connectivity index (χ1n) is 7.60. The van der Waals surface area contributed by atoms with Gasteiger partial charge in [-0.25, -0.2) is 9.59 Å². The molecule has 0 radical (unpaired) electrons. The Balaban J connectivity index is 3.23. The Hall–Kier alpha value is -2.82. The number of halogens is 14. The first-order chi connectivity index (χ1) is 14.4. The van der Waals surface area contributed by atoms with Crippen molar-refractivity contribution < 1.29 is 80.5 Å². The van der Waals surface area contributed by atoms with Gasteiger partial charge >= 0.3 is 48.0 Å². The molecule has 0 aliphatic carbocycles. The summed E-state index contributed by atoms with van der Waals surface area (Å²) in [5.74, 6) is -36.9. The van der Waals surface area contributed by atoms with Gasteiger partial charge in [-0.2, -0.15) is 61.5 Å². The van der Waals surface area contributed by atoms with E-state index in [1.165, 1.54) is 0 Å². The second-order valence-electron chi connectivity index (χ2n) is 6.05. The van der Waals surface area contributed by atoms with E-state index in [1.807, 2.05) is 0 Å². The van der Waals surface area contributed by atoms with Gasteiger partial charge in [-0.05, 0) is 24.6 Å². The Bertz CT molecular complexity index is 846. The van der Waals surface area contributed by atoms with E-state index in [0.29, 0.717) is 12.1 Å². The number of aryl methyl sites for hydroxylation is 1. The molecule has 0 heterocycles. The van der Waals surface area contributed by atoms with Crippen LogP contribution in [0.1, 0.15) is 5.56 Å². The number of alkyl halides is 14. The maximum atomic E-state index is 13.3. The van der Waals surface area contributed by atoms with Gasteiger partial charge in [-0.15, -0.1) is 0 Å². The van der Waals surface area contributed by atoms with E-state index in [9.17, 15) is 71.1 Å². The maximum absolute atomic E-state index is 13.3. The fourth-order valence-electron chi connectivity index (χ4n) is 1.79. The lowest BCUT2D eigenvalue weighted by atomic mass is 10.1. The van der Waals surface area contributed by atoms with E-state index in [-0.39, 0.29) is 6.07 Å². The zero-order valence-electron chi connectivity index (χ0n) is 15.2. The minimum absolute atomic E-state index is 0.0909. The van der Waals surface area contributed by atoms with Crippen LogP contribution in [0.15, 0.2) is 18.2 Å². The van der Waals surface area contributed by atoms with Crippen LogP contribution in [0.2, 0.25) is 0 Å². The highest BCUT2D eigenvalue weighted by Crippen LogP contribution is 2.48. The first-order valence-corrected chi connectivity index (χ1v) is 7.60. The zero-order chi connectivity index (χ0) is 26.4. The van der Waals surface area contributed by atoms with Crippen LogP contribution in [0.25, 0.3) is 0 Å². The number of hydrogen-bond donors (Lipinski definition) is 0. The number of carbonyl (C=O) groups is 2. The van der Waals surface area contributed by atoms with Crippen LogP contribution >= 0.6 is 0 Å². The molecule has 0 aromatic heterocycles. The van der Waals surface area contributed by atoms with Gasteiger partial charge in [0.05, 0.1) is 0 Å². The minimum Gasteiger partial charge on any atom is -0.422 e. The first kappa shape index (κ1) is 28.2. The van der Waals surface area contributed by atoms with Crippen LogP contribution in [0, 0.1) is 6.92 Å². The Kier molecular flexibility index (Phi) is 7.00. The SMILES string of the molecule is Cc1cc(OC(=O)C(F)(F)C(F)(F)C(F)(F)F)cc(OC(=O)C(F)(F)C(F)(F)C(F)(F)F)c1. The Labute approximate surface area is 172 Å². The molecular formula is C15H6F14O4. The van der Waals surface area contributed by atoms with Crippen LogP contribution in [0.5, 0.6) is 11.5 Å². The van der Waals surface area contributed by atoms with Crippen LogP contribution in [0.4, 0.5) is 61.5 Å². The van der Waals surface area contributed by atoms with Gasteiger partial charge in [-0.1, -0.05) is 0 Å². The largest absolute Gasteiger partial charge is 0.460 e. The van der Waals surface area contributed by atoms with Gasteiger partial charge in [0.15, 0.2) is 0 Å². The predicted octanol–water partition coefficient (Wildman–Crippen LogP) is 5.47. The lowest BCUT2D eigenvalue weighted by Gasteiger charge is -2.26. The molecule has 1 aromatic carbocycles. The summed E-state index contributed by atoms with van der Waals surface area (Å²) in [5, 5.41) is 0. The third-order valence-corrected chi connectivity index (χ3v) is 3.46. The van der Waals surface area contributed by atoms with Gasteiger partial charge in [0.25, 0.3) is 0 Å². The number of hydrogen-bond acceptors (Lipinski definition) is 4. The second kappa shape index (κ2) is 8.19. The molecule has 4 nitrogen and oxygen atoms in total. The summed E-state index contributed by atoms with van der Waals surface area (Å²) >= 11 is 0. The van der Waals surface area contributed by atoms with Crippen LogP contribution in [0.3, 0.4) is 0 Å². The number of carbonyl (C=O) groups excluding carboxylic acids is 2. The standard InChI is InChI=1S/C15H6F14O4/c1-5-2-6(32-8(30)10(16,17)12(20,21)14(24,25)26)4-7(3-5)33-9(31)11(18,19)13(22,23)15(27,28)29/h2-4H,1H3. The molecule has 33 heavy (non-hydrogen) atoms. The zero-order valence-corrected chi connectivity index (χ0v) is 15.2. The van der Waals surface area contributed by atoms with E-state index >= 15 is 0 Å². The topological polar surface area (TPSA) is 52.6 Å². The van der Waals surface area contributed by atoms with Crippen LogP contribution in [-0.4, -0.2) is 48.0 Å². The molecule has 0 saturated heterocycles. The maximum Gasteiger partial charge on any atom is 0.460 e. The van der Waals surface area contributed by atoms with Gasteiger partial charge in [0.1, 0.15) is 11.5 Å². The summed E-state index contributed by atoms with van der Waals surface area (Å²) in [6, 6.07) is 0.742. The normalized spacial score (nSPS) is 14.2. The molecule has 1 rings (SSSR count). The van der Waals surface area contributed by atoms with Gasteiger partial charge in [0, 0.05) is 6.07 Å². The minimum atomic E-state index is -6.94. The van der Waals surface area contributed by atoms with Crippen molar-refractivity contribution >= 4 is 11.9 Å². The molecule has 0 fully saturated rings. The van der Waals surface area contributed by atoms with Gasteiger partial charge in [0.2, 0.25) is 0 Å². The summed E-state index contributed by atoms with van der Waals surface area (Å²) in [5.41, 5.74) is -0.458.